The first-order chi connectivity index (χ1) is 14.8. The molecule has 1 heterocycles. The van der Waals surface area contributed by atoms with Crippen LogP contribution in [0.15, 0.2) is 36.4 Å². The Kier molecular flexibility index (Phi) is 7.40. The van der Waals surface area contributed by atoms with Crippen molar-refractivity contribution < 1.29 is 28.0 Å². The number of nitrogens with zero attached hydrogens (tertiary/aromatic N) is 2. The summed E-state index contributed by atoms with van der Waals surface area (Å²) in [7, 11) is 1.27. The maximum atomic E-state index is 12.7. The van der Waals surface area contributed by atoms with E-state index in [2.05, 4.69) is 4.74 Å². The van der Waals surface area contributed by atoms with Crippen molar-refractivity contribution >= 4 is 23.1 Å². The number of halogens is 3. The van der Waals surface area contributed by atoms with Gasteiger partial charge in [0.2, 0.25) is 0 Å². The summed E-state index contributed by atoms with van der Waals surface area (Å²) in [5, 5.41) is 12.0. The molecule has 1 aliphatic rings. The fraction of sp³-hybridized carbons (Fsp3) is 0.381. The summed E-state index contributed by atoms with van der Waals surface area (Å²) in [6.45, 7) is -1.77. The molecule has 0 amide bonds. The zero-order valence-electron chi connectivity index (χ0n) is 16.7. The second-order valence-corrected chi connectivity index (χ2v) is 7.63. The van der Waals surface area contributed by atoms with Gasteiger partial charge in [0, 0.05) is 28.6 Å². The van der Waals surface area contributed by atoms with Crippen LogP contribution in [0, 0.1) is 16.0 Å². The summed E-state index contributed by atoms with van der Waals surface area (Å²) in [5.74, 6) is -0.477. The molecule has 0 atom stereocenters. The Morgan fingerprint density at radius 1 is 1.23 bits per heavy atom. The number of nitro groups is 1. The van der Waals surface area contributed by atoms with E-state index in [-0.39, 0.29) is 35.4 Å². The van der Waals surface area contributed by atoms with Crippen LogP contribution in [0.3, 0.4) is 0 Å². The lowest BCUT2D eigenvalue weighted by Crippen LogP contribution is -2.36. The summed E-state index contributed by atoms with van der Waals surface area (Å²) < 4.78 is 34.6. The molecule has 0 radical (unpaired) electrons. The number of carbonyl (C=O) groups is 1. The van der Waals surface area contributed by atoms with Crippen LogP contribution in [0.4, 0.5) is 14.5 Å². The van der Waals surface area contributed by atoms with Crippen molar-refractivity contribution in [1.82, 2.24) is 4.90 Å². The molecule has 0 aromatic heterocycles. The van der Waals surface area contributed by atoms with Gasteiger partial charge in [-0.15, -0.1) is 0 Å². The number of hydrogen-bond donors (Lipinski definition) is 0. The van der Waals surface area contributed by atoms with E-state index in [0.29, 0.717) is 42.1 Å². The van der Waals surface area contributed by atoms with Crippen LogP contribution in [0.2, 0.25) is 5.02 Å². The third kappa shape index (κ3) is 5.68. The van der Waals surface area contributed by atoms with Crippen LogP contribution in [-0.4, -0.2) is 42.4 Å². The van der Waals surface area contributed by atoms with Crippen molar-refractivity contribution in [3.05, 3.63) is 62.7 Å². The molecule has 0 spiro atoms. The van der Waals surface area contributed by atoms with E-state index in [4.69, 9.17) is 16.3 Å². The number of ether oxygens (including phenoxy) is 2. The van der Waals surface area contributed by atoms with E-state index >= 15 is 0 Å². The highest BCUT2D eigenvalue weighted by Crippen LogP contribution is 2.36. The maximum absolute atomic E-state index is 12.7. The maximum Gasteiger partial charge on any atom is 0.387 e. The summed E-state index contributed by atoms with van der Waals surface area (Å²) in [4.78, 5) is 25.5. The molecule has 2 aromatic rings. The van der Waals surface area contributed by atoms with Crippen LogP contribution in [0.5, 0.6) is 11.5 Å². The Hall–Kier alpha value is -2.78. The minimum atomic E-state index is -3.13. The molecule has 2 aromatic carbocycles. The quantitative estimate of drug-likeness (QED) is 0.319. The number of piperidine rings is 1. The monoisotopic (exact) mass is 454 g/mol. The number of carbonyl (C=O) groups excluding carboxylic acids is 1. The Labute approximate surface area is 182 Å². The first-order valence-corrected chi connectivity index (χ1v) is 9.98. The van der Waals surface area contributed by atoms with Crippen molar-refractivity contribution in [1.29, 1.82) is 0 Å². The average molecular weight is 455 g/mol. The molecule has 10 heteroatoms. The molecule has 1 fully saturated rings. The minimum absolute atomic E-state index is 0.00583. The molecule has 166 valence electrons. The Balaban J connectivity index is 1.70. The van der Waals surface area contributed by atoms with Gasteiger partial charge >= 0.3 is 6.61 Å². The normalized spacial score (nSPS) is 15.1. The summed E-state index contributed by atoms with van der Waals surface area (Å²) in [5.41, 5.74) is 0.611. The fourth-order valence-electron chi connectivity index (χ4n) is 3.68. The average Bonchev–Trinajstić information content (AvgIpc) is 2.74. The minimum Gasteiger partial charge on any atom is -0.493 e. The van der Waals surface area contributed by atoms with Crippen molar-refractivity contribution in [2.24, 2.45) is 5.92 Å². The number of nitro benzene ring substituents is 1. The predicted octanol–water partition coefficient (Wildman–Crippen LogP) is 4.95. The van der Waals surface area contributed by atoms with Crippen molar-refractivity contribution in [3.63, 3.8) is 0 Å². The standard InChI is InChI=1S/C21H21ClF2N2O5/c1-30-18-10-15(17(26(28)29)11-19(18)31-21(23)24)12-25-8-6-14(7-9-25)20(27)13-2-4-16(22)5-3-13/h2-5,10-11,14,21H,6-9,12H2,1H3. The predicted molar refractivity (Wildman–Crippen MR) is 110 cm³/mol. The fourth-order valence-corrected chi connectivity index (χ4v) is 3.81. The molecule has 0 saturated carbocycles. The number of methoxy groups -OCH3 is 1. The topological polar surface area (TPSA) is 81.9 Å². The van der Waals surface area contributed by atoms with Crippen LogP contribution >= 0.6 is 11.6 Å². The largest absolute Gasteiger partial charge is 0.493 e. The molecular formula is C21H21ClF2N2O5. The highest BCUT2D eigenvalue weighted by molar-refractivity contribution is 6.30. The number of likely N-dealkylation sites (tertiary alicyclic amines) is 1. The van der Waals surface area contributed by atoms with Gasteiger partial charge in [0.25, 0.3) is 5.69 Å². The molecule has 7 nitrogen and oxygen atoms in total. The van der Waals surface area contributed by atoms with Gasteiger partial charge in [-0.2, -0.15) is 8.78 Å². The molecule has 31 heavy (non-hydrogen) atoms. The van der Waals surface area contributed by atoms with Gasteiger partial charge in [-0.3, -0.25) is 19.8 Å². The van der Waals surface area contributed by atoms with E-state index < -0.39 is 11.5 Å². The molecular weight excluding hydrogens is 434 g/mol. The summed E-state index contributed by atoms with van der Waals surface area (Å²) in [6, 6.07) is 9.07. The van der Waals surface area contributed by atoms with Gasteiger partial charge in [-0.05, 0) is 56.3 Å². The lowest BCUT2D eigenvalue weighted by molar-refractivity contribution is -0.385. The van der Waals surface area contributed by atoms with E-state index in [0.717, 1.165) is 6.07 Å². The zero-order valence-corrected chi connectivity index (χ0v) is 17.5. The third-order valence-corrected chi connectivity index (χ3v) is 5.51. The van der Waals surface area contributed by atoms with E-state index in [1.807, 2.05) is 4.90 Å². The molecule has 0 bridgehead atoms. The van der Waals surface area contributed by atoms with Gasteiger partial charge in [-0.25, -0.2) is 0 Å². The van der Waals surface area contributed by atoms with Crippen molar-refractivity contribution in [3.8, 4) is 11.5 Å². The van der Waals surface area contributed by atoms with E-state index in [1.165, 1.54) is 13.2 Å². The number of rotatable bonds is 8. The lowest BCUT2D eigenvalue weighted by Gasteiger charge is -2.31. The SMILES string of the molecule is COc1cc(CN2CCC(C(=O)c3ccc(Cl)cc3)CC2)c([N+](=O)[O-])cc1OC(F)F. The third-order valence-electron chi connectivity index (χ3n) is 5.26. The second kappa shape index (κ2) is 10.0. The lowest BCUT2D eigenvalue weighted by atomic mass is 9.88. The van der Waals surface area contributed by atoms with Gasteiger partial charge in [0.1, 0.15) is 0 Å². The van der Waals surface area contributed by atoms with E-state index in [1.54, 1.807) is 24.3 Å². The van der Waals surface area contributed by atoms with Crippen LogP contribution in [-0.2, 0) is 6.54 Å². The van der Waals surface area contributed by atoms with Crippen molar-refractivity contribution in [2.75, 3.05) is 20.2 Å². The molecule has 3 rings (SSSR count). The zero-order chi connectivity index (χ0) is 22.5. The first kappa shape index (κ1) is 22.9. The summed E-state index contributed by atoms with van der Waals surface area (Å²) >= 11 is 5.87. The number of hydrogen-bond acceptors (Lipinski definition) is 6. The Morgan fingerprint density at radius 2 is 1.87 bits per heavy atom. The second-order valence-electron chi connectivity index (χ2n) is 7.19. The molecule has 1 aliphatic heterocycles. The number of alkyl halides is 2. The van der Waals surface area contributed by atoms with Crippen molar-refractivity contribution in [2.45, 2.75) is 26.0 Å². The first-order valence-electron chi connectivity index (χ1n) is 9.60. The van der Waals surface area contributed by atoms with Gasteiger partial charge < -0.3 is 9.47 Å². The van der Waals surface area contributed by atoms with Gasteiger partial charge in [0.05, 0.1) is 18.1 Å². The molecule has 0 aliphatic carbocycles. The molecule has 1 saturated heterocycles. The summed E-state index contributed by atoms with van der Waals surface area (Å²) in [6.07, 6.45) is 1.22. The number of benzene rings is 2. The highest BCUT2D eigenvalue weighted by Gasteiger charge is 2.28. The van der Waals surface area contributed by atoms with Crippen LogP contribution < -0.4 is 9.47 Å². The van der Waals surface area contributed by atoms with E-state index in [9.17, 15) is 23.7 Å². The number of Topliss-reactive ketones (excluding diaryl/α,β-unsaturated/α-hetero) is 1. The Morgan fingerprint density at radius 3 is 2.42 bits per heavy atom. The van der Waals surface area contributed by atoms with Gasteiger partial charge in [-0.1, -0.05) is 11.6 Å². The Bertz CT molecular complexity index is 948. The molecule has 0 N–H and O–H groups in total. The van der Waals surface area contributed by atoms with Crippen LogP contribution in [0.25, 0.3) is 0 Å². The molecule has 0 unspecified atom stereocenters. The van der Waals surface area contributed by atoms with Crippen LogP contribution in [0.1, 0.15) is 28.8 Å². The van der Waals surface area contributed by atoms with Gasteiger partial charge in [0.15, 0.2) is 17.3 Å². The highest BCUT2D eigenvalue weighted by atomic mass is 35.5. The number of ketones is 1. The smallest absolute Gasteiger partial charge is 0.387 e.